The first-order chi connectivity index (χ1) is 12.3. The zero-order chi connectivity index (χ0) is 17.5. The van der Waals surface area contributed by atoms with Gasteiger partial charge in [0, 0.05) is 13.7 Å². The molecule has 4 heteroatoms. The van der Waals surface area contributed by atoms with E-state index in [9.17, 15) is 0 Å². The average molecular weight is 336 g/mol. The maximum Gasteiger partial charge on any atom is 0.130 e. The predicted molar refractivity (Wildman–Crippen MR) is 99.3 cm³/mol. The van der Waals surface area contributed by atoms with Crippen molar-refractivity contribution in [1.29, 1.82) is 0 Å². The van der Waals surface area contributed by atoms with Gasteiger partial charge < -0.3 is 9.47 Å². The quantitative estimate of drug-likeness (QED) is 0.574. The summed E-state index contributed by atoms with van der Waals surface area (Å²) < 4.78 is 13.0. The number of rotatable bonds is 8. The minimum absolute atomic E-state index is 0.485. The van der Waals surface area contributed by atoms with E-state index in [2.05, 4.69) is 23.3 Å². The van der Waals surface area contributed by atoms with E-state index in [0.29, 0.717) is 6.61 Å². The van der Waals surface area contributed by atoms with Gasteiger partial charge in [0.1, 0.15) is 12.4 Å². The summed E-state index contributed by atoms with van der Waals surface area (Å²) >= 11 is 0. The molecule has 130 valence electrons. The van der Waals surface area contributed by atoms with Crippen LogP contribution in [0.1, 0.15) is 23.4 Å². The lowest BCUT2D eigenvalue weighted by atomic mass is 10.1. The minimum Gasteiger partial charge on any atom is -0.487 e. The molecule has 0 saturated carbocycles. The van der Waals surface area contributed by atoms with Gasteiger partial charge >= 0.3 is 0 Å². The van der Waals surface area contributed by atoms with Crippen molar-refractivity contribution in [3.8, 4) is 11.4 Å². The highest BCUT2D eigenvalue weighted by Crippen LogP contribution is 2.17. The SMILES string of the molecule is COCCCc1ccc(OCc2cc(C)nn2-c2ccccc2)cc1. The van der Waals surface area contributed by atoms with Gasteiger partial charge in [0.2, 0.25) is 0 Å². The van der Waals surface area contributed by atoms with Gasteiger partial charge in [-0.2, -0.15) is 5.10 Å². The Morgan fingerprint density at radius 2 is 1.76 bits per heavy atom. The Kier molecular flexibility index (Phi) is 5.86. The largest absolute Gasteiger partial charge is 0.487 e. The zero-order valence-corrected chi connectivity index (χ0v) is 14.8. The van der Waals surface area contributed by atoms with Crippen LogP contribution in [0.5, 0.6) is 5.75 Å². The van der Waals surface area contributed by atoms with E-state index >= 15 is 0 Å². The van der Waals surface area contributed by atoms with Crippen molar-refractivity contribution in [1.82, 2.24) is 9.78 Å². The maximum atomic E-state index is 5.96. The summed E-state index contributed by atoms with van der Waals surface area (Å²) in [4.78, 5) is 0. The van der Waals surface area contributed by atoms with E-state index in [1.165, 1.54) is 5.56 Å². The third-order valence-electron chi connectivity index (χ3n) is 4.03. The smallest absolute Gasteiger partial charge is 0.130 e. The second-order valence-electron chi connectivity index (χ2n) is 6.05. The third kappa shape index (κ3) is 4.70. The highest BCUT2D eigenvalue weighted by molar-refractivity contribution is 5.33. The lowest BCUT2D eigenvalue weighted by Gasteiger charge is -2.10. The molecule has 1 aromatic heterocycles. The first-order valence-electron chi connectivity index (χ1n) is 8.58. The molecule has 0 spiro atoms. The van der Waals surface area contributed by atoms with Crippen LogP contribution >= 0.6 is 0 Å². The van der Waals surface area contributed by atoms with Crippen molar-refractivity contribution in [2.75, 3.05) is 13.7 Å². The highest BCUT2D eigenvalue weighted by atomic mass is 16.5. The Morgan fingerprint density at radius 1 is 1.00 bits per heavy atom. The molecule has 0 saturated heterocycles. The molecule has 1 heterocycles. The van der Waals surface area contributed by atoms with Gasteiger partial charge in [-0.15, -0.1) is 0 Å². The number of nitrogens with zero attached hydrogens (tertiary/aromatic N) is 2. The van der Waals surface area contributed by atoms with Gasteiger partial charge in [-0.3, -0.25) is 0 Å². The molecule has 0 aliphatic carbocycles. The van der Waals surface area contributed by atoms with Gasteiger partial charge in [-0.25, -0.2) is 4.68 Å². The molecular weight excluding hydrogens is 312 g/mol. The van der Waals surface area contributed by atoms with Crippen LogP contribution < -0.4 is 4.74 Å². The molecule has 3 rings (SSSR count). The Balaban J connectivity index is 1.64. The van der Waals surface area contributed by atoms with Crippen LogP contribution in [0.15, 0.2) is 60.7 Å². The predicted octanol–water partition coefficient (Wildman–Crippen LogP) is 4.34. The second kappa shape index (κ2) is 8.49. The Labute approximate surface area is 149 Å². The molecule has 3 aromatic rings. The topological polar surface area (TPSA) is 36.3 Å². The van der Waals surface area contributed by atoms with E-state index in [1.54, 1.807) is 7.11 Å². The van der Waals surface area contributed by atoms with Crippen LogP contribution in [0.4, 0.5) is 0 Å². The van der Waals surface area contributed by atoms with Crippen molar-refractivity contribution >= 4 is 0 Å². The fourth-order valence-corrected chi connectivity index (χ4v) is 2.78. The zero-order valence-electron chi connectivity index (χ0n) is 14.8. The standard InChI is InChI=1S/C21H24N2O2/c1-17-15-20(23(22-17)19-8-4-3-5-9-19)16-25-21-12-10-18(11-13-21)7-6-14-24-2/h3-5,8-13,15H,6-7,14,16H2,1-2H3. The van der Waals surface area contributed by atoms with E-state index < -0.39 is 0 Å². The molecule has 4 nitrogen and oxygen atoms in total. The molecular formula is C21H24N2O2. The van der Waals surface area contributed by atoms with Gasteiger partial charge in [-0.05, 0) is 55.7 Å². The summed E-state index contributed by atoms with van der Waals surface area (Å²) in [6, 6.07) is 20.5. The molecule has 0 fully saturated rings. The van der Waals surface area contributed by atoms with Crippen molar-refractivity contribution in [3.05, 3.63) is 77.6 Å². The molecule has 0 atom stereocenters. The van der Waals surface area contributed by atoms with Crippen LogP contribution in [0.3, 0.4) is 0 Å². The summed E-state index contributed by atoms with van der Waals surface area (Å²) in [7, 11) is 1.73. The number of aromatic nitrogens is 2. The van der Waals surface area contributed by atoms with Crippen molar-refractivity contribution < 1.29 is 9.47 Å². The van der Waals surface area contributed by atoms with Gasteiger partial charge in [0.25, 0.3) is 0 Å². The summed E-state index contributed by atoms with van der Waals surface area (Å²) in [5.74, 6) is 0.869. The molecule has 0 bridgehead atoms. The minimum atomic E-state index is 0.485. The monoisotopic (exact) mass is 336 g/mol. The van der Waals surface area contributed by atoms with E-state index in [0.717, 1.165) is 42.3 Å². The van der Waals surface area contributed by atoms with Crippen LogP contribution in [-0.4, -0.2) is 23.5 Å². The van der Waals surface area contributed by atoms with Crippen LogP contribution in [0.25, 0.3) is 5.69 Å². The number of benzene rings is 2. The average Bonchev–Trinajstić information content (AvgIpc) is 3.03. The Morgan fingerprint density at radius 3 is 2.48 bits per heavy atom. The molecule has 0 aliphatic rings. The summed E-state index contributed by atoms with van der Waals surface area (Å²) in [6.07, 6.45) is 2.06. The van der Waals surface area contributed by atoms with Crippen LogP contribution in [-0.2, 0) is 17.8 Å². The fourth-order valence-electron chi connectivity index (χ4n) is 2.78. The lowest BCUT2D eigenvalue weighted by molar-refractivity contribution is 0.195. The summed E-state index contributed by atoms with van der Waals surface area (Å²) in [6.45, 7) is 3.28. The van der Waals surface area contributed by atoms with E-state index in [4.69, 9.17) is 9.47 Å². The molecule has 0 aliphatic heterocycles. The molecule has 0 radical (unpaired) electrons. The first-order valence-corrected chi connectivity index (χ1v) is 8.58. The van der Waals surface area contributed by atoms with Crippen molar-refractivity contribution in [2.24, 2.45) is 0 Å². The molecule has 0 unspecified atom stereocenters. The fraction of sp³-hybridized carbons (Fsp3) is 0.286. The van der Waals surface area contributed by atoms with Crippen molar-refractivity contribution in [2.45, 2.75) is 26.4 Å². The first kappa shape index (κ1) is 17.2. The van der Waals surface area contributed by atoms with E-state index in [-0.39, 0.29) is 0 Å². The van der Waals surface area contributed by atoms with Gasteiger partial charge in [-0.1, -0.05) is 30.3 Å². The van der Waals surface area contributed by atoms with Crippen LogP contribution in [0.2, 0.25) is 0 Å². The number of ether oxygens (including phenoxy) is 2. The molecule has 2 aromatic carbocycles. The highest BCUT2D eigenvalue weighted by Gasteiger charge is 2.08. The van der Waals surface area contributed by atoms with Gasteiger partial charge in [0.15, 0.2) is 0 Å². The Hall–Kier alpha value is -2.59. The van der Waals surface area contributed by atoms with Crippen molar-refractivity contribution in [3.63, 3.8) is 0 Å². The summed E-state index contributed by atoms with van der Waals surface area (Å²) in [5.41, 5.74) is 4.36. The molecule has 25 heavy (non-hydrogen) atoms. The van der Waals surface area contributed by atoms with E-state index in [1.807, 2.05) is 54.1 Å². The van der Waals surface area contributed by atoms with Gasteiger partial charge in [0.05, 0.1) is 17.1 Å². The molecule has 0 N–H and O–H groups in total. The third-order valence-corrected chi connectivity index (χ3v) is 4.03. The molecule has 0 amide bonds. The number of aryl methyl sites for hydroxylation is 2. The Bertz CT molecular complexity index is 779. The van der Waals surface area contributed by atoms with Crippen LogP contribution in [0, 0.1) is 6.92 Å². The number of hydrogen-bond acceptors (Lipinski definition) is 3. The number of methoxy groups -OCH3 is 1. The normalized spacial score (nSPS) is 10.8. The number of hydrogen-bond donors (Lipinski definition) is 0. The lowest BCUT2D eigenvalue weighted by Crippen LogP contribution is -2.05. The summed E-state index contributed by atoms with van der Waals surface area (Å²) in [5, 5.41) is 4.57. The second-order valence-corrected chi connectivity index (χ2v) is 6.05. The number of para-hydroxylation sites is 1. The maximum absolute atomic E-state index is 5.96.